The maximum atomic E-state index is 11.9. The van der Waals surface area contributed by atoms with Crippen LogP contribution in [0, 0.1) is 6.92 Å². The van der Waals surface area contributed by atoms with Crippen LogP contribution in [0.4, 0.5) is 10.5 Å². The number of halogens is 1. The van der Waals surface area contributed by atoms with Gasteiger partial charge in [-0.2, -0.15) is 0 Å². The largest absolute Gasteiger partial charge is 0.336 e. The molecule has 1 aromatic rings. The molecule has 0 aromatic heterocycles. The Morgan fingerprint density at radius 3 is 2.70 bits per heavy atom. The van der Waals surface area contributed by atoms with Gasteiger partial charge in [0.05, 0.1) is 0 Å². The summed E-state index contributed by atoms with van der Waals surface area (Å²) in [6.07, 6.45) is 5.49. The highest BCUT2D eigenvalue weighted by atomic mass is 35.5. The highest BCUT2D eigenvalue weighted by Crippen LogP contribution is 2.25. The number of nitrogens with two attached hydrogens (primary N) is 1. The summed E-state index contributed by atoms with van der Waals surface area (Å²) in [6.45, 7) is 2.44. The van der Waals surface area contributed by atoms with Crippen LogP contribution < -0.4 is 16.4 Å². The molecule has 5 heteroatoms. The van der Waals surface area contributed by atoms with Gasteiger partial charge in [0.25, 0.3) is 0 Å². The van der Waals surface area contributed by atoms with Gasteiger partial charge in [-0.25, -0.2) is 4.79 Å². The number of hydrogen-bond donors (Lipinski definition) is 3. The summed E-state index contributed by atoms with van der Waals surface area (Å²) in [4.78, 5) is 11.9. The molecule has 1 aromatic carbocycles. The van der Waals surface area contributed by atoms with Crippen molar-refractivity contribution in [1.29, 1.82) is 0 Å². The third-order valence-electron chi connectivity index (χ3n) is 3.88. The Kier molecular flexibility index (Phi) is 4.89. The zero-order valence-corrected chi connectivity index (χ0v) is 12.6. The summed E-state index contributed by atoms with van der Waals surface area (Å²) in [5.41, 5.74) is 7.71. The van der Waals surface area contributed by atoms with E-state index in [-0.39, 0.29) is 11.6 Å². The van der Waals surface area contributed by atoms with E-state index in [1.807, 2.05) is 19.1 Å². The quantitative estimate of drug-likeness (QED) is 0.800. The van der Waals surface area contributed by atoms with E-state index >= 15 is 0 Å². The van der Waals surface area contributed by atoms with Crippen molar-refractivity contribution >= 4 is 23.3 Å². The van der Waals surface area contributed by atoms with Crippen LogP contribution in [0.1, 0.15) is 37.7 Å². The number of nitrogens with one attached hydrogen (secondary N) is 2. The van der Waals surface area contributed by atoms with Gasteiger partial charge in [-0.3, -0.25) is 0 Å². The Labute approximate surface area is 125 Å². The fourth-order valence-corrected chi connectivity index (χ4v) is 2.72. The van der Waals surface area contributed by atoms with Gasteiger partial charge in [0.15, 0.2) is 0 Å². The SMILES string of the molecule is Cc1ccc(NC(=O)NCC2(N)CCCCC2)cc1Cl. The first-order valence-corrected chi connectivity index (χ1v) is 7.46. The average Bonchev–Trinajstić information content (AvgIpc) is 2.42. The molecule has 0 bridgehead atoms. The fourth-order valence-electron chi connectivity index (χ4n) is 2.53. The number of urea groups is 1. The van der Waals surface area contributed by atoms with Crippen LogP contribution in [0.2, 0.25) is 5.02 Å². The Balaban J connectivity index is 1.84. The van der Waals surface area contributed by atoms with E-state index in [1.165, 1.54) is 6.42 Å². The molecule has 20 heavy (non-hydrogen) atoms. The number of anilines is 1. The minimum atomic E-state index is -0.249. The number of benzene rings is 1. The third kappa shape index (κ3) is 4.12. The van der Waals surface area contributed by atoms with Crippen LogP contribution in [-0.2, 0) is 0 Å². The predicted molar refractivity (Wildman–Crippen MR) is 83.2 cm³/mol. The fraction of sp³-hybridized carbons (Fsp3) is 0.533. The van der Waals surface area contributed by atoms with Crippen molar-refractivity contribution in [2.45, 2.75) is 44.6 Å². The summed E-state index contributed by atoms with van der Waals surface area (Å²) < 4.78 is 0. The molecule has 0 heterocycles. The molecule has 1 saturated carbocycles. The predicted octanol–water partition coefficient (Wildman–Crippen LogP) is 3.43. The van der Waals surface area contributed by atoms with Crippen LogP contribution in [0.5, 0.6) is 0 Å². The van der Waals surface area contributed by atoms with E-state index in [4.69, 9.17) is 17.3 Å². The van der Waals surface area contributed by atoms with Crippen LogP contribution >= 0.6 is 11.6 Å². The van der Waals surface area contributed by atoms with E-state index in [0.717, 1.165) is 31.2 Å². The molecule has 2 rings (SSSR count). The Morgan fingerprint density at radius 1 is 1.35 bits per heavy atom. The lowest BCUT2D eigenvalue weighted by molar-refractivity contribution is 0.241. The molecule has 0 atom stereocenters. The van der Waals surface area contributed by atoms with Crippen molar-refractivity contribution in [3.05, 3.63) is 28.8 Å². The van der Waals surface area contributed by atoms with Crippen molar-refractivity contribution < 1.29 is 4.79 Å². The Morgan fingerprint density at radius 2 is 2.05 bits per heavy atom. The zero-order valence-electron chi connectivity index (χ0n) is 11.8. The summed E-state index contributed by atoms with van der Waals surface area (Å²) >= 11 is 6.03. The number of carbonyl (C=O) groups is 1. The van der Waals surface area contributed by atoms with Gasteiger partial charge in [-0.1, -0.05) is 36.9 Å². The Bertz CT molecular complexity index is 484. The summed E-state index contributed by atoms with van der Waals surface area (Å²) in [6, 6.07) is 5.22. The monoisotopic (exact) mass is 295 g/mol. The molecule has 0 spiro atoms. The van der Waals surface area contributed by atoms with Gasteiger partial charge in [0.2, 0.25) is 0 Å². The smallest absolute Gasteiger partial charge is 0.319 e. The standard InChI is InChI=1S/C15H22ClN3O/c1-11-5-6-12(9-13(11)16)19-14(20)18-10-15(17)7-3-2-4-8-15/h5-6,9H,2-4,7-8,10,17H2,1H3,(H2,18,19,20). The molecule has 1 aliphatic carbocycles. The molecule has 0 unspecified atom stereocenters. The molecule has 110 valence electrons. The average molecular weight is 296 g/mol. The van der Waals surface area contributed by atoms with Crippen LogP contribution in [0.3, 0.4) is 0 Å². The van der Waals surface area contributed by atoms with E-state index in [9.17, 15) is 4.79 Å². The topological polar surface area (TPSA) is 67.2 Å². The minimum absolute atomic E-state index is 0.236. The normalized spacial score (nSPS) is 17.6. The van der Waals surface area contributed by atoms with E-state index in [1.54, 1.807) is 6.07 Å². The molecule has 0 saturated heterocycles. The third-order valence-corrected chi connectivity index (χ3v) is 4.29. The van der Waals surface area contributed by atoms with Crippen molar-refractivity contribution in [1.82, 2.24) is 5.32 Å². The molecular weight excluding hydrogens is 274 g/mol. The van der Waals surface area contributed by atoms with Crippen LogP contribution in [-0.4, -0.2) is 18.1 Å². The molecule has 2 amide bonds. The Hall–Kier alpha value is -1.26. The summed E-state index contributed by atoms with van der Waals surface area (Å²) in [5, 5.41) is 6.28. The van der Waals surface area contributed by atoms with Gasteiger partial charge in [-0.15, -0.1) is 0 Å². The van der Waals surface area contributed by atoms with Gasteiger partial charge in [0.1, 0.15) is 0 Å². The van der Waals surface area contributed by atoms with Crippen molar-refractivity contribution in [3.63, 3.8) is 0 Å². The lowest BCUT2D eigenvalue weighted by Gasteiger charge is -2.33. The summed E-state index contributed by atoms with van der Waals surface area (Å²) in [5.74, 6) is 0. The lowest BCUT2D eigenvalue weighted by Crippen LogP contribution is -2.52. The second-order valence-electron chi connectivity index (χ2n) is 5.69. The van der Waals surface area contributed by atoms with Crippen LogP contribution in [0.25, 0.3) is 0 Å². The molecule has 4 N–H and O–H groups in total. The van der Waals surface area contributed by atoms with Crippen LogP contribution in [0.15, 0.2) is 18.2 Å². The highest BCUT2D eigenvalue weighted by molar-refractivity contribution is 6.31. The van der Waals surface area contributed by atoms with Gasteiger partial charge in [-0.05, 0) is 37.5 Å². The molecule has 0 radical (unpaired) electrons. The van der Waals surface area contributed by atoms with Gasteiger partial charge < -0.3 is 16.4 Å². The van der Waals surface area contributed by atoms with Crippen molar-refractivity contribution in [3.8, 4) is 0 Å². The molecule has 1 fully saturated rings. The zero-order chi connectivity index (χ0) is 14.6. The van der Waals surface area contributed by atoms with Crippen molar-refractivity contribution in [2.75, 3.05) is 11.9 Å². The molecule has 0 aliphatic heterocycles. The van der Waals surface area contributed by atoms with E-state index in [0.29, 0.717) is 17.3 Å². The number of amides is 2. The summed E-state index contributed by atoms with van der Waals surface area (Å²) in [7, 11) is 0. The van der Waals surface area contributed by atoms with Gasteiger partial charge >= 0.3 is 6.03 Å². The molecule has 4 nitrogen and oxygen atoms in total. The van der Waals surface area contributed by atoms with Crippen molar-refractivity contribution in [2.24, 2.45) is 5.73 Å². The highest BCUT2D eigenvalue weighted by Gasteiger charge is 2.27. The molecule has 1 aliphatic rings. The van der Waals surface area contributed by atoms with E-state index < -0.39 is 0 Å². The number of aryl methyl sites for hydroxylation is 1. The lowest BCUT2D eigenvalue weighted by atomic mass is 9.82. The molecular formula is C15H22ClN3O. The first-order valence-electron chi connectivity index (χ1n) is 7.08. The first-order chi connectivity index (χ1) is 9.48. The number of rotatable bonds is 3. The minimum Gasteiger partial charge on any atom is -0.336 e. The second kappa shape index (κ2) is 6.46. The number of carbonyl (C=O) groups excluding carboxylic acids is 1. The first kappa shape index (κ1) is 15.1. The maximum Gasteiger partial charge on any atom is 0.319 e. The van der Waals surface area contributed by atoms with Gasteiger partial charge in [0, 0.05) is 22.8 Å². The maximum absolute atomic E-state index is 11.9. The second-order valence-corrected chi connectivity index (χ2v) is 6.10. The van der Waals surface area contributed by atoms with E-state index in [2.05, 4.69) is 10.6 Å². The number of hydrogen-bond acceptors (Lipinski definition) is 2.